The lowest BCUT2D eigenvalue weighted by Crippen LogP contribution is -2.55. The van der Waals surface area contributed by atoms with Gasteiger partial charge in [0.15, 0.2) is 12.4 Å². The summed E-state index contributed by atoms with van der Waals surface area (Å²) in [6.45, 7) is 2.88. The third-order valence-corrected chi connectivity index (χ3v) is 8.99. The number of nitrogens with one attached hydrogen (secondary N) is 2. The maximum Gasteiger partial charge on any atom is 0.341 e. The fraction of sp³-hybridized carbons (Fsp3) is 0.270. The molecular formula is C37H34Cl2N4O8. The molecule has 12 nitrogen and oxygen atoms in total. The van der Waals surface area contributed by atoms with Crippen LogP contribution < -0.4 is 10.6 Å². The number of carboxylic acid groups (broad SMARTS) is 1. The highest BCUT2D eigenvalue weighted by atomic mass is 35.5. The smallest absolute Gasteiger partial charge is 0.341 e. The standard InChI is InChI=1S/C37H34Cl2N4O8/c1-21(2)33(42-34(47)25-19-40-18-23-11-6-7-12-24(23)25)29-17-37(51-43-29,16-22-9-4-3-5-10-22)36(49)41-28(15-31(45)46)30(44)20-50-35(48)32-26(38)13-8-14-27(32)39/h3-14,18-19,21,28,33H,15-17,20H2,1-2H3,(H,41,49)(H,42,47)(H,45,46)/t28-,33-,37?/m0/s1. The number of ether oxygens (including phenoxy) is 1. The maximum atomic E-state index is 14.2. The number of hydrogen-bond acceptors (Lipinski definition) is 9. The first kappa shape index (κ1) is 36.9. The van der Waals surface area contributed by atoms with Gasteiger partial charge in [0.05, 0.1) is 39.3 Å². The first-order valence-electron chi connectivity index (χ1n) is 16.0. The molecule has 2 heterocycles. The molecule has 0 saturated heterocycles. The van der Waals surface area contributed by atoms with E-state index < -0.39 is 60.2 Å². The summed E-state index contributed by atoms with van der Waals surface area (Å²) < 4.78 is 5.12. The molecule has 1 aliphatic rings. The predicted molar refractivity (Wildman–Crippen MR) is 190 cm³/mol. The summed E-state index contributed by atoms with van der Waals surface area (Å²) in [6.07, 6.45) is 2.23. The average Bonchev–Trinajstić information content (AvgIpc) is 3.53. The monoisotopic (exact) mass is 732 g/mol. The van der Waals surface area contributed by atoms with Crippen LogP contribution in [0.5, 0.6) is 0 Å². The highest BCUT2D eigenvalue weighted by Crippen LogP contribution is 2.32. The first-order chi connectivity index (χ1) is 24.4. The van der Waals surface area contributed by atoms with Gasteiger partial charge in [-0.25, -0.2) is 4.79 Å². The molecule has 3 aromatic carbocycles. The number of ketones is 1. The molecular weight excluding hydrogens is 699 g/mol. The summed E-state index contributed by atoms with van der Waals surface area (Å²) >= 11 is 12.1. The Hall–Kier alpha value is -5.33. The number of carboxylic acids is 1. The summed E-state index contributed by atoms with van der Waals surface area (Å²) in [6, 6.07) is 18.4. The summed E-state index contributed by atoms with van der Waals surface area (Å²) in [5, 5.41) is 20.9. The second kappa shape index (κ2) is 16.1. The zero-order valence-corrected chi connectivity index (χ0v) is 29.1. The quantitative estimate of drug-likeness (QED) is 0.143. The molecule has 1 aromatic heterocycles. The second-order valence-corrected chi connectivity index (χ2v) is 13.2. The number of nitrogens with zero attached hydrogens (tertiary/aromatic N) is 2. The van der Waals surface area contributed by atoms with E-state index in [1.165, 1.54) is 24.4 Å². The van der Waals surface area contributed by atoms with Crippen molar-refractivity contribution < 1.29 is 38.7 Å². The van der Waals surface area contributed by atoms with Crippen molar-refractivity contribution in [3.8, 4) is 0 Å². The Balaban J connectivity index is 1.36. The highest BCUT2D eigenvalue weighted by molar-refractivity contribution is 6.39. The number of hydrogen-bond donors (Lipinski definition) is 3. The van der Waals surface area contributed by atoms with Crippen LogP contribution in [0.25, 0.3) is 10.8 Å². The number of fused-ring (bicyclic) bond motifs is 1. The molecule has 0 saturated carbocycles. The number of benzene rings is 3. The van der Waals surface area contributed by atoms with Gasteiger partial charge in [-0.1, -0.05) is 103 Å². The van der Waals surface area contributed by atoms with Crippen LogP contribution in [0.2, 0.25) is 10.0 Å². The largest absolute Gasteiger partial charge is 0.481 e. The number of rotatable bonds is 14. The van der Waals surface area contributed by atoms with Gasteiger partial charge in [0, 0.05) is 30.6 Å². The Morgan fingerprint density at radius 2 is 1.61 bits per heavy atom. The van der Waals surface area contributed by atoms with Gasteiger partial charge in [-0.15, -0.1) is 0 Å². The number of Topliss-reactive ketones (excluding diaryl/α,β-unsaturated/α-hetero) is 1. The van der Waals surface area contributed by atoms with E-state index >= 15 is 0 Å². The summed E-state index contributed by atoms with van der Waals surface area (Å²) in [4.78, 5) is 75.6. The molecule has 3 atom stereocenters. The van der Waals surface area contributed by atoms with E-state index in [4.69, 9.17) is 32.8 Å². The van der Waals surface area contributed by atoms with Gasteiger partial charge in [0.2, 0.25) is 5.60 Å². The molecule has 264 valence electrons. The minimum absolute atomic E-state index is 0.00273. The Morgan fingerprint density at radius 3 is 2.29 bits per heavy atom. The lowest BCUT2D eigenvalue weighted by Gasteiger charge is -2.29. The average molecular weight is 734 g/mol. The van der Waals surface area contributed by atoms with Crippen LogP contribution in [-0.2, 0) is 30.4 Å². The van der Waals surface area contributed by atoms with Gasteiger partial charge in [-0.2, -0.15) is 0 Å². The maximum absolute atomic E-state index is 14.2. The van der Waals surface area contributed by atoms with E-state index in [9.17, 15) is 29.1 Å². The molecule has 3 N–H and O–H groups in total. The van der Waals surface area contributed by atoms with Gasteiger partial charge >= 0.3 is 11.9 Å². The van der Waals surface area contributed by atoms with Crippen LogP contribution in [0, 0.1) is 5.92 Å². The van der Waals surface area contributed by atoms with E-state index in [-0.39, 0.29) is 34.4 Å². The second-order valence-electron chi connectivity index (χ2n) is 12.4. The van der Waals surface area contributed by atoms with E-state index in [0.29, 0.717) is 22.2 Å². The molecule has 0 fully saturated rings. The Morgan fingerprint density at radius 1 is 0.922 bits per heavy atom. The number of pyridine rings is 1. The number of oxime groups is 1. The van der Waals surface area contributed by atoms with Gasteiger partial charge in [-0.05, 0) is 29.0 Å². The zero-order chi connectivity index (χ0) is 36.7. The Bertz CT molecular complexity index is 1980. The fourth-order valence-electron chi connectivity index (χ4n) is 5.76. The third kappa shape index (κ3) is 8.70. The number of esters is 1. The molecule has 0 aliphatic carbocycles. The molecule has 5 rings (SSSR count). The molecule has 0 spiro atoms. The van der Waals surface area contributed by atoms with Crippen LogP contribution in [0.4, 0.5) is 0 Å². The van der Waals surface area contributed by atoms with Crippen LogP contribution in [-0.4, -0.2) is 69.6 Å². The van der Waals surface area contributed by atoms with Crippen LogP contribution in [0.1, 0.15) is 53.0 Å². The number of carbonyl (C=O) groups excluding carboxylic acids is 4. The number of aliphatic carboxylic acids is 1. The van der Waals surface area contributed by atoms with E-state index in [1.807, 2.05) is 38.1 Å². The van der Waals surface area contributed by atoms with Crippen LogP contribution in [0.15, 0.2) is 90.3 Å². The molecule has 1 unspecified atom stereocenters. The molecule has 14 heteroatoms. The van der Waals surface area contributed by atoms with Crippen LogP contribution in [0.3, 0.4) is 0 Å². The molecule has 1 aliphatic heterocycles. The van der Waals surface area contributed by atoms with Crippen LogP contribution >= 0.6 is 23.2 Å². The summed E-state index contributed by atoms with van der Waals surface area (Å²) in [5.74, 6) is -4.70. The van der Waals surface area contributed by atoms with Gasteiger partial charge in [0.1, 0.15) is 6.04 Å². The molecule has 0 bridgehead atoms. The molecule has 51 heavy (non-hydrogen) atoms. The topological polar surface area (TPSA) is 173 Å². The predicted octanol–water partition coefficient (Wildman–Crippen LogP) is 5.44. The highest BCUT2D eigenvalue weighted by Gasteiger charge is 2.49. The summed E-state index contributed by atoms with van der Waals surface area (Å²) in [5.41, 5.74) is -0.470. The van der Waals surface area contributed by atoms with Gasteiger partial charge in [-0.3, -0.25) is 24.2 Å². The lowest BCUT2D eigenvalue weighted by molar-refractivity contribution is -0.148. The first-order valence-corrected chi connectivity index (χ1v) is 16.7. The van der Waals surface area contributed by atoms with E-state index in [1.54, 1.807) is 36.5 Å². The van der Waals surface area contributed by atoms with Gasteiger partial charge < -0.3 is 25.3 Å². The van der Waals surface area contributed by atoms with Crippen molar-refractivity contribution in [2.45, 2.75) is 50.8 Å². The number of carbonyl (C=O) groups is 5. The molecule has 4 aromatic rings. The molecule has 0 radical (unpaired) electrons. The Labute approximate surface area is 303 Å². The lowest BCUT2D eigenvalue weighted by atomic mass is 9.84. The number of amides is 2. The van der Waals surface area contributed by atoms with Crippen molar-refractivity contribution >= 4 is 69.2 Å². The van der Waals surface area contributed by atoms with E-state index in [2.05, 4.69) is 20.8 Å². The SMILES string of the molecule is CC(C)[C@H](NC(=O)c1cncc2ccccc12)C1=NOC(Cc2ccccc2)(C(=O)N[C@@H](CC(=O)O)C(=O)COC(=O)c2c(Cl)cccc2Cl)C1. The normalized spacial score (nSPS) is 16.5. The Kier molecular flexibility index (Phi) is 11.7. The minimum Gasteiger partial charge on any atom is -0.481 e. The molecule has 2 amide bonds. The minimum atomic E-state index is -1.73. The fourth-order valence-corrected chi connectivity index (χ4v) is 6.31. The van der Waals surface area contributed by atoms with Crippen molar-refractivity contribution in [2.24, 2.45) is 11.1 Å². The third-order valence-electron chi connectivity index (χ3n) is 8.36. The zero-order valence-electron chi connectivity index (χ0n) is 27.6. The van der Waals surface area contributed by atoms with Crippen molar-refractivity contribution in [3.63, 3.8) is 0 Å². The van der Waals surface area contributed by atoms with Gasteiger partial charge in [0.25, 0.3) is 11.8 Å². The summed E-state index contributed by atoms with van der Waals surface area (Å²) in [7, 11) is 0. The van der Waals surface area contributed by atoms with Crippen molar-refractivity contribution in [2.75, 3.05) is 6.61 Å². The van der Waals surface area contributed by atoms with E-state index in [0.717, 1.165) is 5.39 Å². The number of halogens is 2. The van der Waals surface area contributed by atoms with Crippen molar-refractivity contribution in [1.82, 2.24) is 15.6 Å². The van der Waals surface area contributed by atoms with Crippen molar-refractivity contribution in [3.05, 3.63) is 112 Å². The van der Waals surface area contributed by atoms with Crippen molar-refractivity contribution in [1.29, 1.82) is 0 Å². The number of aromatic nitrogens is 1.